The van der Waals surface area contributed by atoms with Crippen LogP contribution in [0, 0.1) is 6.92 Å². The number of nitrogens with two attached hydrogens (primary N) is 1. The molecule has 0 aromatic heterocycles. The summed E-state index contributed by atoms with van der Waals surface area (Å²) in [6.07, 6.45) is -0.250. The Kier molecular flexibility index (Phi) is 76.2. The van der Waals surface area contributed by atoms with E-state index in [0.29, 0.717) is 0 Å². The van der Waals surface area contributed by atoms with Crippen LogP contribution in [0.2, 0.25) is 0 Å². The molecule has 0 saturated carbocycles. The summed E-state index contributed by atoms with van der Waals surface area (Å²) in [4.78, 5) is 0. The third-order valence-corrected chi connectivity index (χ3v) is 0. The fraction of sp³-hybridized carbons (Fsp3) is 0.917. The van der Waals surface area contributed by atoms with Crippen molar-refractivity contribution in [2.75, 3.05) is 0 Å². The van der Waals surface area contributed by atoms with Crippen LogP contribution in [-0.2, 0) is 21.7 Å². The van der Waals surface area contributed by atoms with Gasteiger partial charge < -0.3 is 28.4 Å². The van der Waals surface area contributed by atoms with Gasteiger partial charge in [0, 0.05) is 0 Å². The number of hydrogen-bond donors (Lipinski definition) is 0. The average Bonchev–Trinajstić information content (AvgIpc) is 1.81. The van der Waals surface area contributed by atoms with Gasteiger partial charge in [-0.05, 0) is 0 Å². The first kappa shape index (κ1) is 36.0. The molecule has 0 saturated heterocycles. The van der Waals surface area contributed by atoms with Gasteiger partial charge in [-0.3, -0.25) is 0 Å². The molecule has 0 aromatic rings. The van der Waals surface area contributed by atoms with Crippen LogP contribution in [0.4, 0.5) is 0 Å². The van der Waals surface area contributed by atoms with Gasteiger partial charge in [0.1, 0.15) is 0 Å². The van der Waals surface area contributed by atoms with Crippen LogP contribution in [0.3, 0.4) is 0 Å². The van der Waals surface area contributed by atoms with Crippen molar-refractivity contribution in [3.8, 4) is 0 Å². The first-order chi connectivity index (χ1) is 6.61. The molecule has 0 spiro atoms. The Bertz CT molecular complexity index is 59.6. The minimum Gasteiger partial charge on any atom is -0.852 e. The number of rotatable bonds is 0. The zero-order valence-corrected chi connectivity index (χ0v) is 14.0. The first-order valence-corrected chi connectivity index (χ1v) is 5.38. The summed E-state index contributed by atoms with van der Waals surface area (Å²) in [7, 11) is 0. The molecule has 0 unspecified atom stereocenters. The molecule has 17 heavy (non-hydrogen) atoms. The molecule has 1 radical (unpaired) electrons. The second-order valence-electron chi connectivity index (χ2n) is 3.65. The molecule has 0 aliphatic heterocycles. The Labute approximate surface area is 123 Å². The molecule has 107 valence electrons. The predicted octanol–water partition coefficient (Wildman–Crippen LogP) is 1.21. The normalized spacial score (nSPS) is 7.41. The minimum absolute atomic E-state index is 0. The molecule has 0 aromatic carbocycles. The first-order valence-electron chi connectivity index (χ1n) is 5.38. The van der Waals surface area contributed by atoms with Crippen LogP contribution >= 0.6 is 0 Å². The van der Waals surface area contributed by atoms with E-state index in [-0.39, 0.29) is 27.9 Å². The van der Waals surface area contributed by atoms with Gasteiger partial charge >= 0.3 is 21.7 Å². The van der Waals surface area contributed by atoms with Gasteiger partial charge in [-0.25, -0.2) is 0 Å². The van der Waals surface area contributed by atoms with Gasteiger partial charge in [-0.15, -0.1) is 18.3 Å². The molecule has 0 rings (SSSR count). The number of hydrogen-bond acceptors (Lipinski definition) is 3. The summed E-state index contributed by atoms with van der Waals surface area (Å²) in [5, 5.41) is 28.6. The molecule has 4 nitrogen and oxygen atoms in total. The molecule has 0 atom stereocenters. The van der Waals surface area contributed by atoms with Crippen LogP contribution in [0.1, 0.15) is 54.9 Å². The summed E-state index contributed by atoms with van der Waals surface area (Å²) >= 11 is 0. The Balaban J connectivity index is -0.0000000230. The summed E-state index contributed by atoms with van der Waals surface area (Å²) in [6, 6.07) is 0. The average molecular weight is 284 g/mol. The quantitative estimate of drug-likeness (QED) is 0.493. The van der Waals surface area contributed by atoms with Crippen LogP contribution in [-0.4, -0.2) is 18.3 Å². The molecule has 0 aliphatic rings. The maximum Gasteiger partial charge on any atom is 3.00 e. The van der Waals surface area contributed by atoms with Crippen molar-refractivity contribution in [3.63, 3.8) is 0 Å². The Morgan fingerprint density at radius 3 is 0.765 bits per heavy atom. The van der Waals surface area contributed by atoms with E-state index in [1.165, 1.54) is 0 Å². The standard InChI is InChI=1S/3C3H7O.C3H7.H2N.Ti/c3*1-3(2)4;1-3-2;;/h3*3H,1-2H3;1,3H2,2H3;1H2;/q5*-1;+3. The molecule has 2 N–H and O–H groups in total. The Morgan fingerprint density at radius 2 is 0.765 bits per heavy atom. The van der Waals surface area contributed by atoms with Gasteiger partial charge in [0.15, 0.2) is 0 Å². The summed E-state index contributed by atoms with van der Waals surface area (Å²) in [5.74, 6) is 0. The van der Waals surface area contributed by atoms with E-state index in [4.69, 9.17) is 0 Å². The smallest absolute Gasteiger partial charge is 0.852 e. The van der Waals surface area contributed by atoms with Gasteiger partial charge in [0.05, 0.1) is 0 Å². The zero-order valence-electron chi connectivity index (χ0n) is 12.4. The molecule has 0 fully saturated rings. The van der Waals surface area contributed by atoms with Crippen molar-refractivity contribution in [2.24, 2.45) is 0 Å². The van der Waals surface area contributed by atoms with E-state index in [2.05, 4.69) is 6.92 Å². The largest absolute Gasteiger partial charge is 3.00 e. The molecular formula is C12H30NO3Ti-2. The van der Waals surface area contributed by atoms with Crippen molar-refractivity contribution >= 4 is 0 Å². The third kappa shape index (κ3) is 11400. The van der Waals surface area contributed by atoms with E-state index >= 15 is 0 Å². The van der Waals surface area contributed by atoms with Crippen molar-refractivity contribution in [1.29, 1.82) is 0 Å². The molecule has 0 heterocycles. The van der Waals surface area contributed by atoms with E-state index in [0.717, 1.165) is 6.42 Å². The maximum atomic E-state index is 9.53. The topological polar surface area (TPSA) is 103 Å². The fourth-order valence-electron chi connectivity index (χ4n) is 0. The summed E-state index contributed by atoms with van der Waals surface area (Å²) in [6.45, 7) is 15.2. The van der Waals surface area contributed by atoms with E-state index in [9.17, 15) is 15.3 Å². The Morgan fingerprint density at radius 1 is 0.765 bits per heavy atom. The van der Waals surface area contributed by atoms with E-state index < -0.39 is 18.3 Å². The maximum absolute atomic E-state index is 9.53. The van der Waals surface area contributed by atoms with Crippen molar-refractivity contribution < 1.29 is 37.0 Å². The molecular weight excluding hydrogens is 254 g/mol. The zero-order chi connectivity index (χ0) is 13.4. The molecule has 0 bridgehead atoms. The van der Waals surface area contributed by atoms with Gasteiger partial charge in [-0.2, -0.15) is 6.42 Å². The van der Waals surface area contributed by atoms with Crippen LogP contribution in [0.25, 0.3) is 6.15 Å². The molecule has 5 heteroatoms. The second kappa shape index (κ2) is 36.0. The SMILES string of the molecule is CC(C)[O-].CC(C)[O-].CC(C)[O-].[CH2-]CC.[NH2-].[Ti+3]. The second-order valence-corrected chi connectivity index (χ2v) is 3.65. The van der Waals surface area contributed by atoms with Gasteiger partial charge in [-0.1, -0.05) is 48.5 Å². The van der Waals surface area contributed by atoms with Crippen molar-refractivity contribution in [3.05, 3.63) is 13.1 Å². The van der Waals surface area contributed by atoms with Gasteiger partial charge in [0.25, 0.3) is 0 Å². The predicted molar refractivity (Wildman–Crippen MR) is 66.3 cm³/mol. The third-order valence-electron chi connectivity index (χ3n) is 0. The monoisotopic (exact) mass is 284 g/mol. The van der Waals surface area contributed by atoms with Crippen molar-refractivity contribution in [2.45, 2.75) is 73.2 Å². The minimum atomic E-state index is -0.417. The van der Waals surface area contributed by atoms with Crippen molar-refractivity contribution in [1.82, 2.24) is 0 Å². The van der Waals surface area contributed by atoms with Crippen LogP contribution < -0.4 is 15.3 Å². The van der Waals surface area contributed by atoms with Crippen LogP contribution in [0.15, 0.2) is 0 Å². The fourth-order valence-corrected chi connectivity index (χ4v) is 0. The molecule has 0 aliphatic carbocycles. The van der Waals surface area contributed by atoms with Gasteiger partial charge in [0.2, 0.25) is 0 Å². The summed E-state index contributed by atoms with van der Waals surface area (Å²) in [5.41, 5.74) is 0. The van der Waals surface area contributed by atoms with E-state index in [1.807, 2.05) is 6.92 Å². The van der Waals surface area contributed by atoms with Crippen LogP contribution in [0.5, 0.6) is 0 Å². The van der Waals surface area contributed by atoms with E-state index in [1.54, 1.807) is 41.5 Å². The molecule has 0 amide bonds. The summed E-state index contributed by atoms with van der Waals surface area (Å²) < 4.78 is 0. The Hall–Kier alpha value is 0.554.